The van der Waals surface area contributed by atoms with Gasteiger partial charge in [0.1, 0.15) is 5.15 Å². The lowest BCUT2D eigenvalue weighted by Crippen LogP contribution is -2.52. The summed E-state index contributed by atoms with van der Waals surface area (Å²) >= 11 is 7.19. The van der Waals surface area contributed by atoms with Crippen LogP contribution in [0.25, 0.3) is 0 Å². The van der Waals surface area contributed by atoms with Gasteiger partial charge < -0.3 is 14.2 Å². The van der Waals surface area contributed by atoms with Crippen molar-refractivity contribution in [2.75, 3.05) is 13.2 Å². The molecule has 1 aliphatic heterocycles. The van der Waals surface area contributed by atoms with Gasteiger partial charge in [0.05, 0.1) is 13.2 Å². The Morgan fingerprint density at radius 2 is 1.89 bits per heavy atom. The second-order valence-corrected chi connectivity index (χ2v) is 8.17. The van der Waals surface area contributed by atoms with E-state index in [1.54, 1.807) is 0 Å². The maximum Gasteiger partial charge on any atom is 0.219 e. The lowest BCUT2D eigenvalue weighted by Gasteiger charge is -2.40. The van der Waals surface area contributed by atoms with Crippen LogP contribution in [0.3, 0.4) is 0 Å². The monoisotopic (exact) mass is 416 g/mol. The van der Waals surface area contributed by atoms with Crippen molar-refractivity contribution in [2.24, 2.45) is 0 Å². The lowest BCUT2D eigenvalue weighted by molar-refractivity contribution is -0.292. The molecule has 1 saturated heterocycles. The summed E-state index contributed by atoms with van der Waals surface area (Å²) in [6.45, 7) is 6.13. The minimum atomic E-state index is -0.891. The van der Waals surface area contributed by atoms with Gasteiger partial charge >= 0.3 is 0 Å². The fourth-order valence-electron chi connectivity index (χ4n) is 2.34. The van der Waals surface area contributed by atoms with Crippen molar-refractivity contribution >= 4 is 23.4 Å². The fourth-order valence-corrected chi connectivity index (χ4v) is 3.39. The minimum absolute atomic E-state index is 0.154. The number of benzene rings is 1. The molecule has 0 aliphatic carbocycles. The molecule has 2 heterocycles. The fraction of sp³-hybridized carbons (Fsp3) is 0.444. The topological polar surface area (TPSA) is 53.5 Å². The largest absolute Gasteiger partial charge is 0.466 e. The molecule has 0 unspecified atom stereocenters. The van der Waals surface area contributed by atoms with Crippen LogP contribution in [-0.2, 0) is 15.2 Å². The number of halogens is 3. The molecule has 146 valence electrons. The summed E-state index contributed by atoms with van der Waals surface area (Å²) in [6.07, 6.45) is 0. The zero-order valence-corrected chi connectivity index (χ0v) is 16.7. The summed E-state index contributed by atoms with van der Waals surface area (Å²) in [4.78, 5) is 8.39. The first-order valence-corrected chi connectivity index (χ1v) is 9.59. The van der Waals surface area contributed by atoms with Crippen LogP contribution in [0.1, 0.15) is 26.3 Å². The third-order valence-electron chi connectivity index (χ3n) is 3.84. The van der Waals surface area contributed by atoms with Gasteiger partial charge in [-0.05, 0) is 26.8 Å². The van der Waals surface area contributed by atoms with Crippen LogP contribution in [0.15, 0.2) is 29.4 Å². The number of rotatable bonds is 5. The van der Waals surface area contributed by atoms with Gasteiger partial charge in [-0.25, -0.2) is 13.8 Å². The van der Waals surface area contributed by atoms with Crippen LogP contribution < -0.4 is 4.74 Å². The minimum Gasteiger partial charge on any atom is -0.466 e. The van der Waals surface area contributed by atoms with Crippen molar-refractivity contribution in [3.8, 4) is 5.88 Å². The van der Waals surface area contributed by atoms with Crippen molar-refractivity contribution in [2.45, 2.75) is 43.1 Å². The molecule has 2 aromatic rings. The molecular weight excluding hydrogens is 398 g/mol. The summed E-state index contributed by atoms with van der Waals surface area (Å²) in [5, 5.41) is 0.478. The Hall–Kier alpha value is -1.48. The molecule has 0 bridgehead atoms. The summed E-state index contributed by atoms with van der Waals surface area (Å²) in [5.41, 5.74) is -0.515. The lowest BCUT2D eigenvalue weighted by atomic mass is 10.1. The van der Waals surface area contributed by atoms with Crippen LogP contribution in [0, 0.1) is 11.6 Å². The van der Waals surface area contributed by atoms with Gasteiger partial charge in [-0.15, -0.1) is 0 Å². The van der Waals surface area contributed by atoms with E-state index in [0.717, 1.165) is 17.8 Å². The molecule has 0 amide bonds. The standard InChI is InChI=1S/C18H19ClF2N2O3S/c1-17(2)24-9-18(3,10-25-17)26-14-7-13(19)22-16(23-14)27-8-11-5-4-6-12(20)15(11)21/h4-7H,8-10H2,1-3H3. The first kappa shape index (κ1) is 20.3. The van der Waals surface area contributed by atoms with E-state index < -0.39 is 23.0 Å². The Bertz CT molecular complexity index is 828. The number of hydrogen-bond donors (Lipinski definition) is 0. The number of aromatic nitrogens is 2. The van der Waals surface area contributed by atoms with E-state index in [2.05, 4.69) is 9.97 Å². The number of nitrogens with zero attached hydrogens (tertiary/aromatic N) is 2. The van der Waals surface area contributed by atoms with Crippen molar-refractivity contribution in [3.05, 3.63) is 46.6 Å². The van der Waals surface area contributed by atoms with Gasteiger partial charge in [-0.2, -0.15) is 4.98 Å². The second kappa shape index (κ2) is 7.87. The first-order chi connectivity index (χ1) is 12.7. The Balaban J connectivity index is 1.70. The third-order valence-corrected chi connectivity index (χ3v) is 4.93. The Morgan fingerprint density at radius 1 is 1.19 bits per heavy atom. The SMILES string of the molecule is CC1(Oc2cc(Cl)nc(SCc3cccc(F)c3F)n2)COC(C)(C)OC1. The van der Waals surface area contributed by atoms with Gasteiger partial charge in [0.15, 0.2) is 28.2 Å². The van der Waals surface area contributed by atoms with Gasteiger partial charge in [0.2, 0.25) is 5.88 Å². The van der Waals surface area contributed by atoms with Gasteiger partial charge in [0.25, 0.3) is 0 Å². The van der Waals surface area contributed by atoms with Crippen LogP contribution in [0.4, 0.5) is 8.78 Å². The number of thioether (sulfide) groups is 1. The molecular formula is C18H19ClF2N2O3S. The Labute approximate surface area is 165 Å². The molecule has 5 nitrogen and oxygen atoms in total. The summed E-state index contributed by atoms with van der Waals surface area (Å²) in [5.74, 6) is -2.03. The maximum atomic E-state index is 13.8. The average Bonchev–Trinajstić information content (AvgIpc) is 2.59. The van der Waals surface area contributed by atoms with Crippen molar-refractivity contribution in [1.29, 1.82) is 0 Å². The highest BCUT2D eigenvalue weighted by Crippen LogP contribution is 2.30. The average molecular weight is 417 g/mol. The van der Waals surface area contributed by atoms with E-state index in [1.165, 1.54) is 18.2 Å². The maximum absolute atomic E-state index is 13.8. The van der Waals surface area contributed by atoms with E-state index in [1.807, 2.05) is 20.8 Å². The highest BCUT2D eigenvalue weighted by atomic mass is 35.5. The zero-order chi connectivity index (χ0) is 19.7. The highest BCUT2D eigenvalue weighted by Gasteiger charge is 2.38. The summed E-state index contributed by atoms with van der Waals surface area (Å²) in [7, 11) is 0. The summed E-state index contributed by atoms with van der Waals surface area (Å²) < 4.78 is 44.3. The Morgan fingerprint density at radius 3 is 2.59 bits per heavy atom. The molecule has 1 aromatic carbocycles. The molecule has 1 fully saturated rings. The van der Waals surface area contributed by atoms with E-state index in [9.17, 15) is 8.78 Å². The van der Waals surface area contributed by atoms with E-state index >= 15 is 0 Å². The smallest absolute Gasteiger partial charge is 0.219 e. The van der Waals surface area contributed by atoms with Gasteiger partial charge in [-0.3, -0.25) is 0 Å². The van der Waals surface area contributed by atoms with Crippen LogP contribution in [0.5, 0.6) is 5.88 Å². The molecule has 0 saturated carbocycles. The highest BCUT2D eigenvalue weighted by molar-refractivity contribution is 7.98. The van der Waals surface area contributed by atoms with E-state index in [0.29, 0.717) is 18.4 Å². The van der Waals surface area contributed by atoms with Crippen LogP contribution >= 0.6 is 23.4 Å². The van der Waals surface area contributed by atoms with E-state index in [4.69, 9.17) is 25.8 Å². The molecule has 3 rings (SSSR count). The molecule has 1 aromatic heterocycles. The zero-order valence-electron chi connectivity index (χ0n) is 15.1. The molecule has 0 atom stereocenters. The molecule has 1 aliphatic rings. The van der Waals surface area contributed by atoms with Crippen LogP contribution in [0.2, 0.25) is 5.15 Å². The normalized spacial score (nSPS) is 18.3. The predicted octanol–water partition coefficient (Wildman–Crippen LogP) is 4.62. The van der Waals surface area contributed by atoms with Gasteiger partial charge in [0, 0.05) is 17.4 Å². The first-order valence-electron chi connectivity index (χ1n) is 8.23. The molecule has 27 heavy (non-hydrogen) atoms. The van der Waals surface area contributed by atoms with Crippen molar-refractivity contribution in [3.63, 3.8) is 0 Å². The number of hydrogen-bond acceptors (Lipinski definition) is 6. The Kier molecular flexibility index (Phi) is 5.90. The van der Waals surface area contributed by atoms with Crippen LogP contribution in [-0.4, -0.2) is 34.6 Å². The predicted molar refractivity (Wildman–Crippen MR) is 98.0 cm³/mol. The quantitative estimate of drug-likeness (QED) is 0.402. The summed E-state index contributed by atoms with van der Waals surface area (Å²) in [6, 6.07) is 5.51. The van der Waals surface area contributed by atoms with Crippen molar-refractivity contribution in [1.82, 2.24) is 9.97 Å². The third kappa shape index (κ3) is 5.28. The van der Waals surface area contributed by atoms with E-state index in [-0.39, 0.29) is 22.3 Å². The molecule has 9 heteroatoms. The van der Waals surface area contributed by atoms with Crippen molar-refractivity contribution < 1.29 is 23.0 Å². The molecule has 0 radical (unpaired) electrons. The second-order valence-electron chi connectivity index (χ2n) is 6.84. The number of ether oxygens (including phenoxy) is 3. The molecule has 0 spiro atoms. The van der Waals surface area contributed by atoms with Gasteiger partial charge in [-0.1, -0.05) is 35.5 Å². The molecule has 0 N–H and O–H groups in total.